The number of ether oxygens (including phenoxy) is 1. The quantitative estimate of drug-likeness (QED) is 0.807. The van der Waals surface area contributed by atoms with Crippen molar-refractivity contribution in [1.29, 1.82) is 0 Å². The molecule has 0 saturated carbocycles. The summed E-state index contributed by atoms with van der Waals surface area (Å²) in [5.41, 5.74) is 9.18. The Morgan fingerprint density at radius 2 is 1.86 bits per heavy atom. The molecule has 112 valence electrons. The second-order valence-corrected chi connectivity index (χ2v) is 4.92. The highest BCUT2D eigenvalue weighted by molar-refractivity contribution is 5.76. The number of benzene rings is 2. The minimum Gasteiger partial charge on any atom is -0.496 e. The maximum atomic E-state index is 13.0. The van der Waals surface area contributed by atoms with Gasteiger partial charge in [0.05, 0.1) is 12.8 Å². The third-order valence-electron chi connectivity index (χ3n) is 3.39. The van der Waals surface area contributed by atoms with Crippen LogP contribution < -0.4 is 10.5 Å². The van der Waals surface area contributed by atoms with E-state index in [9.17, 15) is 4.39 Å². The number of hydrogen-bond donors (Lipinski definition) is 1. The van der Waals surface area contributed by atoms with Crippen molar-refractivity contribution in [3.63, 3.8) is 0 Å². The van der Waals surface area contributed by atoms with Gasteiger partial charge in [0, 0.05) is 5.56 Å². The van der Waals surface area contributed by atoms with Gasteiger partial charge in [0.2, 0.25) is 0 Å². The Kier molecular flexibility index (Phi) is 3.50. The maximum Gasteiger partial charge on any atom is 0.156 e. The van der Waals surface area contributed by atoms with Gasteiger partial charge in [0.25, 0.3) is 0 Å². The van der Waals surface area contributed by atoms with Crippen molar-refractivity contribution >= 4 is 5.82 Å². The average molecular weight is 298 g/mol. The first kappa shape index (κ1) is 14.1. The second kappa shape index (κ2) is 5.48. The molecule has 3 aromatic rings. The second-order valence-electron chi connectivity index (χ2n) is 4.92. The van der Waals surface area contributed by atoms with Gasteiger partial charge in [0.1, 0.15) is 17.3 Å². The molecular formula is C16H15FN4O. The number of hydrogen-bond acceptors (Lipinski definition) is 4. The molecule has 0 fully saturated rings. The lowest BCUT2D eigenvalue weighted by atomic mass is 10.1. The molecule has 0 unspecified atom stereocenters. The van der Waals surface area contributed by atoms with Gasteiger partial charge in [0.15, 0.2) is 5.82 Å². The average Bonchev–Trinajstić information content (AvgIpc) is 2.89. The molecule has 0 amide bonds. The van der Waals surface area contributed by atoms with Crippen LogP contribution in [0.1, 0.15) is 5.56 Å². The number of methoxy groups -OCH3 is 1. The van der Waals surface area contributed by atoms with E-state index in [1.54, 1.807) is 19.2 Å². The smallest absolute Gasteiger partial charge is 0.156 e. The molecule has 0 aliphatic heterocycles. The fraction of sp³-hybridized carbons (Fsp3) is 0.125. The lowest BCUT2D eigenvalue weighted by Crippen LogP contribution is -2.02. The SMILES string of the molecule is COc1ccc(C)cc1-c1nnn(-c2ccc(F)cc2)c1N. The van der Waals surface area contributed by atoms with Gasteiger partial charge in [-0.2, -0.15) is 4.68 Å². The van der Waals surface area contributed by atoms with Crippen LogP contribution in [0.5, 0.6) is 5.75 Å². The first-order chi connectivity index (χ1) is 10.6. The van der Waals surface area contributed by atoms with E-state index in [1.165, 1.54) is 16.8 Å². The van der Waals surface area contributed by atoms with Crippen LogP contribution in [0.4, 0.5) is 10.2 Å². The number of nitrogens with zero attached hydrogens (tertiary/aromatic N) is 3. The van der Waals surface area contributed by atoms with Crippen LogP contribution in [0.3, 0.4) is 0 Å². The number of nitrogen functional groups attached to an aromatic ring is 1. The molecular weight excluding hydrogens is 283 g/mol. The van der Waals surface area contributed by atoms with Gasteiger partial charge in [-0.15, -0.1) is 5.10 Å². The largest absolute Gasteiger partial charge is 0.496 e. The van der Waals surface area contributed by atoms with E-state index in [4.69, 9.17) is 10.5 Å². The van der Waals surface area contributed by atoms with Crippen molar-refractivity contribution in [2.24, 2.45) is 0 Å². The molecule has 3 rings (SSSR count). The molecule has 6 heteroatoms. The summed E-state index contributed by atoms with van der Waals surface area (Å²) < 4.78 is 19.9. The van der Waals surface area contributed by atoms with Crippen LogP contribution in [-0.4, -0.2) is 22.1 Å². The topological polar surface area (TPSA) is 66.0 Å². The molecule has 5 nitrogen and oxygen atoms in total. The maximum absolute atomic E-state index is 13.0. The molecule has 1 aromatic heterocycles. The molecule has 0 spiro atoms. The molecule has 0 saturated heterocycles. The number of rotatable bonds is 3. The Balaban J connectivity index is 2.11. The van der Waals surface area contributed by atoms with Crippen molar-refractivity contribution in [3.8, 4) is 22.7 Å². The summed E-state index contributed by atoms with van der Waals surface area (Å²) in [6, 6.07) is 11.6. The monoisotopic (exact) mass is 298 g/mol. The van der Waals surface area contributed by atoms with Gasteiger partial charge in [-0.1, -0.05) is 16.8 Å². The molecule has 0 atom stereocenters. The van der Waals surface area contributed by atoms with Crippen LogP contribution in [0.2, 0.25) is 0 Å². The fourth-order valence-electron chi connectivity index (χ4n) is 2.26. The van der Waals surface area contributed by atoms with E-state index in [1.807, 2.05) is 25.1 Å². The predicted molar refractivity (Wildman–Crippen MR) is 82.5 cm³/mol. The zero-order valence-corrected chi connectivity index (χ0v) is 12.2. The van der Waals surface area contributed by atoms with Crippen LogP contribution in [0.25, 0.3) is 16.9 Å². The summed E-state index contributed by atoms with van der Waals surface area (Å²) in [5, 5.41) is 8.21. The van der Waals surface area contributed by atoms with Crippen molar-refractivity contribution < 1.29 is 9.13 Å². The van der Waals surface area contributed by atoms with Crippen molar-refractivity contribution in [2.45, 2.75) is 6.92 Å². The van der Waals surface area contributed by atoms with E-state index in [2.05, 4.69) is 10.3 Å². The first-order valence-electron chi connectivity index (χ1n) is 6.72. The van der Waals surface area contributed by atoms with Gasteiger partial charge >= 0.3 is 0 Å². The van der Waals surface area contributed by atoms with Gasteiger partial charge < -0.3 is 10.5 Å². The summed E-state index contributed by atoms with van der Waals surface area (Å²) in [7, 11) is 1.59. The number of aromatic nitrogens is 3. The summed E-state index contributed by atoms with van der Waals surface area (Å²) in [4.78, 5) is 0. The summed E-state index contributed by atoms with van der Waals surface area (Å²) >= 11 is 0. The summed E-state index contributed by atoms with van der Waals surface area (Å²) in [6.07, 6.45) is 0. The summed E-state index contributed by atoms with van der Waals surface area (Å²) in [6.45, 7) is 1.98. The molecule has 2 aromatic carbocycles. The van der Waals surface area contributed by atoms with E-state index in [0.717, 1.165) is 11.1 Å². The third-order valence-corrected chi connectivity index (χ3v) is 3.39. The van der Waals surface area contributed by atoms with E-state index < -0.39 is 0 Å². The zero-order chi connectivity index (χ0) is 15.7. The van der Waals surface area contributed by atoms with E-state index in [-0.39, 0.29) is 5.82 Å². The number of aryl methyl sites for hydroxylation is 1. The Bertz CT molecular complexity index is 812. The van der Waals surface area contributed by atoms with Gasteiger partial charge in [-0.3, -0.25) is 0 Å². The normalized spacial score (nSPS) is 10.7. The Hall–Kier alpha value is -2.89. The Labute approximate surface area is 127 Å². The number of nitrogens with two attached hydrogens (primary N) is 1. The highest BCUT2D eigenvalue weighted by Gasteiger charge is 2.17. The molecule has 22 heavy (non-hydrogen) atoms. The van der Waals surface area contributed by atoms with Crippen LogP contribution in [0, 0.1) is 12.7 Å². The molecule has 0 radical (unpaired) electrons. The highest BCUT2D eigenvalue weighted by atomic mass is 19.1. The van der Waals surface area contributed by atoms with Crippen LogP contribution >= 0.6 is 0 Å². The fourth-order valence-corrected chi connectivity index (χ4v) is 2.26. The highest BCUT2D eigenvalue weighted by Crippen LogP contribution is 2.33. The lowest BCUT2D eigenvalue weighted by Gasteiger charge is -2.08. The van der Waals surface area contributed by atoms with E-state index >= 15 is 0 Å². The molecule has 0 bridgehead atoms. The first-order valence-corrected chi connectivity index (χ1v) is 6.72. The Morgan fingerprint density at radius 1 is 1.14 bits per heavy atom. The van der Waals surface area contributed by atoms with Gasteiger partial charge in [-0.25, -0.2) is 4.39 Å². The molecule has 0 aliphatic rings. The van der Waals surface area contributed by atoms with Crippen LogP contribution in [-0.2, 0) is 0 Å². The minimum atomic E-state index is -0.317. The standard InChI is InChI=1S/C16H15FN4O/c1-10-3-8-14(22-2)13(9-10)15-16(18)21(20-19-15)12-6-4-11(17)5-7-12/h3-9H,18H2,1-2H3. The number of anilines is 1. The third kappa shape index (κ3) is 2.39. The molecule has 2 N–H and O–H groups in total. The molecule has 0 aliphatic carbocycles. The van der Waals surface area contributed by atoms with Crippen molar-refractivity contribution in [1.82, 2.24) is 15.0 Å². The molecule has 1 heterocycles. The minimum absolute atomic E-state index is 0.317. The van der Waals surface area contributed by atoms with Crippen LogP contribution in [0.15, 0.2) is 42.5 Å². The van der Waals surface area contributed by atoms with Gasteiger partial charge in [-0.05, 0) is 43.3 Å². The predicted octanol–water partition coefficient (Wildman–Crippen LogP) is 2.97. The summed E-state index contributed by atoms with van der Waals surface area (Å²) in [5.74, 6) is 0.724. The lowest BCUT2D eigenvalue weighted by molar-refractivity contribution is 0.416. The Morgan fingerprint density at radius 3 is 2.55 bits per heavy atom. The number of halogens is 1. The van der Waals surface area contributed by atoms with E-state index in [0.29, 0.717) is 22.9 Å². The van der Waals surface area contributed by atoms with Crippen molar-refractivity contribution in [3.05, 3.63) is 53.8 Å². The van der Waals surface area contributed by atoms with Crippen molar-refractivity contribution in [2.75, 3.05) is 12.8 Å². The zero-order valence-electron chi connectivity index (χ0n) is 12.2.